The molecule has 1 atom stereocenters. The van der Waals surface area contributed by atoms with Crippen LogP contribution >= 0.6 is 40.1 Å². The number of likely N-dealkylation sites (tertiary alicyclic amines) is 1. The van der Waals surface area contributed by atoms with Gasteiger partial charge < -0.3 is 10.6 Å². The Bertz CT molecular complexity index is 430. The molecule has 0 radical (unpaired) electrons. The van der Waals surface area contributed by atoms with Gasteiger partial charge >= 0.3 is 0 Å². The number of thioether (sulfide) groups is 1. The van der Waals surface area contributed by atoms with Crippen LogP contribution in [0.3, 0.4) is 0 Å². The van der Waals surface area contributed by atoms with Crippen LogP contribution in [0.1, 0.15) is 12.8 Å². The lowest BCUT2D eigenvalue weighted by atomic mass is 10.1. The molecule has 0 spiro atoms. The Morgan fingerprint density at radius 3 is 2.70 bits per heavy atom. The fourth-order valence-electron chi connectivity index (χ4n) is 2.20. The van der Waals surface area contributed by atoms with Crippen molar-refractivity contribution in [3.05, 3.63) is 28.7 Å². The molecule has 2 N–H and O–H groups in total. The molecule has 6 heteroatoms. The highest BCUT2D eigenvalue weighted by molar-refractivity contribution is 9.10. The Kier molecular flexibility index (Phi) is 7.95. The van der Waals surface area contributed by atoms with Gasteiger partial charge in [0.1, 0.15) is 0 Å². The Labute approximate surface area is 139 Å². The summed E-state index contributed by atoms with van der Waals surface area (Å²) in [6, 6.07) is 8.19. The summed E-state index contributed by atoms with van der Waals surface area (Å²) in [4.78, 5) is 15.2. The number of benzene rings is 1. The van der Waals surface area contributed by atoms with E-state index in [1.165, 1.54) is 4.90 Å². The zero-order valence-corrected chi connectivity index (χ0v) is 14.5. The van der Waals surface area contributed by atoms with Gasteiger partial charge in [-0.3, -0.25) is 4.79 Å². The van der Waals surface area contributed by atoms with Crippen LogP contribution in [0, 0.1) is 5.92 Å². The molecule has 20 heavy (non-hydrogen) atoms. The van der Waals surface area contributed by atoms with Crippen LogP contribution in [-0.2, 0) is 4.79 Å². The van der Waals surface area contributed by atoms with Crippen LogP contribution in [0.5, 0.6) is 0 Å². The first kappa shape index (κ1) is 17.8. The molecule has 1 fully saturated rings. The van der Waals surface area contributed by atoms with Crippen molar-refractivity contribution in [2.45, 2.75) is 17.7 Å². The summed E-state index contributed by atoms with van der Waals surface area (Å²) in [6.45, 7) is 2.42. The van der Waals surface area contributed by atoms with Gasteiger partial charge in [0.15, 0.2) is 0 Å². The number of amides is 1. The Hall–Kier alpha value is -0.230. The van der Waals surface area contributed by atoms with Crippen molar-refractivity contribution in [3.63, 3.8) is 0 Å². The molecule has 1 aromatic rings. The number of carbonyl (C=O) groups is 1. The van der Waals surface area contributed by atoms with Crippen LogP contribution in [0.4, 0.5) is 0 Å². The molecule has 1 amide bonds. The lowest BCUT2D eigenvalue weighted by Gasteiger charge is -2.16. The molecule has 112 valence electrons. The van der Waals surface area contributed by atoms with E-state index in [0.29, 0.717) is 18.9 Å². The van der Waals surface area contributed by atoms with Crippen LogP contribution < -0.4 is 5.73 Å². The predicted octanol–water partition coefficient (Wildman–Crippen LogP) is 3.16. The monoisotopic (exact) mass is 378 g/mol. The lowest BCUT2D eigenvalue weighted by molar-refractivity contribution is -0.129. The van der Waals surface area contributed by atoms with Gasteiger partial charge in [0.25, 0.3) is 0 Å². The molecule has 1 unspecified atom stereocenters. The zero-order valence-electron chi connectivity index (χ0n) is 11.3. The second-order valence-corrected chi connectivity index (χ2v) is 6.87. The molecule has 1 aromatic carbocycles. The third-order valence-electron chi connectivity index (χ3n) is 3.37. The first-order valence-electron chi connectivity index (χ1n) is 6.55. The maximum Gasteiger partial charge on any atom is 0.223 e. The fourth-order valence-corrected chi connectivity index (χ4v) is 3.30. The smallest absolute Gasteiger partial charge is 0.223 e. The number of hydrogen-bond donors (Lipinski definition) is 1. The lowest BCUT2D eigenvalue weighted by Crippen LogP contribution is -2.30. The minimum absolute atomic E-state index is 0. The van der Waals surface area contributed by atoms with E-state index in [1.54, 1.807) is 11.8 Å². The molecule has 1 saturated heterocycles. The van der Waals surface area contributed by atoms with E-state index in [1.807, 2.05) is 17.0 Å². The third-order valence-corrected chi connectivity index (χ3v) is 4.91. The van der Waals surface area contributed by atoms with E-state index < -0.39 is 0 Å². The summed E-state index contributed by atoms with van der Waals surface area (Å²) in [7, 11) is 0. The molecule has 3 nitrogen and oxygen atoms in total. The van der Waals surface area contributed by atoms with Crippen molar-refractivity contribution in [2.24, 2.45) is 11.7 Å². The summed E-state index contributed by atoms with van der Waals surface area (Å²) >= 11 is 5.14. The van der Waals surface area contributed by atoms with Crippen molar-refractivity contribution >= 4 is 46.0 Å². The number of carbonyl (C=O) groups excluding carboxylic acids is 1. The van der Waals surface area contributed by atoms with Gasteiger partial charge in [0.2, 0.25) is 5.91 Å². The van der Waals surface area contributed by atoms with Crippen LogP contribution in [-0.4, -0.2) is 36.2 Å². The topological polar surface area (TPSA) is 46.3 Å². The van der Waals surface area contributed by atoms with Gasteiger partial charge in [0.05, 0.1) is 0 Å². The number of rotatable bonds is 5. The van der Waals surface area contributed by atoms with Crippen molar-refractivity contribution in [1.82, 2.24) is 4.90 Å². The molecule has 0 aliphatic carbocycles. The highest BCUT2D eigenvalue weighted by atomic mass is 79.9. The van der Waals surface area contributed by atoms with E-state index in [-0.39, 0.29) is 18.3 Å². The summed E-state index contributed by atoms with van der Waals surface area (Å²) in [5, 5.41) is 0. The van der Waals surface area contributed by atoms with Crippen LogP contribution in [0.25, 0.3) is 0 Å². The van der Waals surface area contributed by atoms with E-state index in [4.69, 9.17) is 5.73 Å². The molecular formula is C14H20BrClN2OS. The molecule has 1 heterocycles. The third kappa shape index (κ3) is 5.28. The summed E-state index contributed by atoms with van der Waals surface area (Å²) in [5.74, 6) is 1.60. The van der Waals surface area contributed by atoms with Crippen molar-refractivity contribution in [2.75, 3.05) is 25.4 Å². The molecule has 1 aliphatic rings. The second-order valence-electron chi connectivity index (χ2n) is 4.78. The van der Waals surface area contributed by atoms with Gasteiger partial charge in [-0.1, -0.05) is 15.9 Å². The quantitative estimate of drug-likeness (QED) is 0.799. The van der Waals surface area contributed by atoms with Gasteiger partial charge in [-0.15, -0.1) is 24.2 Å². The first-order valence-corrected chi connectivity index (χ1v) is 8.33. The Morgan fingerprint density at radius 1 is 1.40 bits per heavy atom. The molecule has 2 rings (SSSR count). The largest absolute Gasteiger partial charge is 0.342 e. The highest BCUT2D eigenvalue weighted by Crippen LogP contribution is 2.22. The number of halogens is 2. The average molecular weight is 380 g/mol. The number of nitrogens with two attached hydrogens (primary N) is 1. The SMILES string of the molecule is Cl.NCC1CCN(C(=O)CCSc2ccc(Br)cc2)C1. The van der Waals surface area contributed by atoms with Gasteiger partial charge in [-0.25, -0.2) is 0 Å². The molecule has 0 bridgehead atoms. The maximum atomic E-state index is 12.0. The van der Waals surface area contributed by atoms with Gasteiger partial charge in [-0.05, 0) is 43.1 Å². The van der Waals surface area contributed by atoms with Gasteiger partial charge in [-0.2, -0.15) is 0 Å². The molecule has 1 aliphatic heterocycles. The predicted molar refractivity (Wildman–Crippen MR) is 90.5 cm³/mol. The summed E-state index contributed by atoms with van der Waals surface area (Å²) < 4.78 is 1.08. The van der Waals surface area contributed by atoms with E-state index in [2.05, 4.69) is 28.1 Å². The second kappa shape index (κ2) is 8.93. The van der Waals surface area contributed by atoms with E-state index in [0.717, 1.165) is 29.7 Å². The maximum absolute atomic E-state index is 12.0. The van der Waals surface area contributed by atoms with E-state index in [9.17, 15) is 4.79 Å². The van der Waals surface area contributed by atoms with Crippen molar-refractivity contribution < 1.29 is 4.79 Å². The average Bonchev–Trinajstić information content (AvgIpc) is 2.90. The number of nitrogens with zero attached hydrogens (tertiary/aromatic N) is 1. The fraction of sp³-hybridized carbons (Fsp3) is 0.500. The molecule has 0 aromatic heterocycles. The molecular weight excluding hydrogens is 360 g/mol. The minimum Gasteiger partial charge on any atom is -0.342 e. The zero-order chi connectivity index (χ0) is 13.7. The molecule has 0 saturated carbocycles. The first-order chi connectivity index (χ1) is 9.19. The number of hydrogen-bond acceptors (Lipinski definition) is 3. The van der Waals surface area contributed by atoms with Crippen molar-refractivity contribution in [3.8, 4) is 0 Å². The Balaban J connectivity index is 0.00000200. The van der Waals surface area contributed by atoms with Crippen LogP contribution in [0.2, 0.25) is 0 Å². The minimum atomic E-state index is 0. The normalized spacial score (nSPS) is 17.9. The highest BCUT2D eigenvalue weighted by Gasteiger charge is 2.24. The summed E-state index contributed by atoms with van der Waals surface area (Å²) in [6.07, 6.45) is 1.67. The Morgan fingerprint density at radius 2 is 2.10 bits per heavy atom. The standard InChI is InChI=1S/C14H19BrN2OS.ClH/c15-12-1-3-13(4-2-12)19-8-6-14(18)17-7-5-11(9-16)10-17;/h1-4,11H,5-10,16H2;1H. The van der Waals surface area contributed by atoms with E-state index >= 15 is 0 Å². The van der Waals surface area contributed by atoms with Crippen LogP contribution in [0.15, 0.2) is 33.6 Å². The summed E-state index contributed by atoms with van der Waals surface area (Å²) in [5.41, 5.74) is 5.64. The van der Waals surface area contributed by atoms with Crippen molar-refractivity contribution in [1.29, 1.82) is 0 Å². The van der Waals surface area contributed by atoms with Gasteiger partial charge in [0, 0.05) is 34.6 Å².